The van der Waals surface area contributed by atoms with Crippen molar-refractivity contribution in [1.82, 2.24) is 9.55 Å². The number of hydrogen-bond acceptors (Lipinski definition) is 1. The van der Waals surface area contributed by atoms with Crippen LogP contribution in [0.1, 0.15) is 31.7 Å². The van der Waals surface area contributed by atoms with Gasteiger partial charge in [0.05, 0.1) is 11.0 Å². The van der Waals surface area contributed by atoms with Crippen molar-refractivity contribution >= 4 is 27.0 Å². The zero-order chi connectivity index (χ0) is 13.3. The van der Waals surface area contributed by atoms with Crippen molar-refractivity contribution in [3.05, 3.63) is 29.6 Å². The maximum absolute atomic E-state index is 4.59. The summed E-state index contributed by atoms with van der Waals surface area (Å²) >= 11 is 3.77. The Morgan fingerprint density at radius 1 is 1.33 bits per heavy atom. The molecule has 0 radical (unpaired) electrons. The first kappa shape index (κ1) is 13.6. The molecule has 1 aromatic carbocycles. The van der Waals surface area contributed by atoms with E-state index in [2.05, 4.69) is 64.6 Å². The van der Waals surface area contributed by atoms with Gasteiger partial charge in [0.2, 0.25) is 0 Å². The highest BCUT2D eigenvalue weighted by Crippen LogP contribution is 2.21. The van der Waals surface area contributed by atoms with Crippen molar-refractivity contribution in [1.29, 1.82) is 0 Å². The van der Waals surface area contributed by atoms with Crippen molar-refractivity contribution in [2.45, 2.75) is 38.4 Å². The average molecular weight is 309 g/mol. The molecule has 1 unspecified atom stereocenters. The zero-order valence-corrected chi connectivity index (χ0v) is 13.2. The first-order valence-electron chi connectivity index (χ1n) is 6.53. The fourth-order valence-electron chi connectivity index (χ4n) is 2.34. The van der Waals surface area contributed by atoms with Crippen LogP contribution in [0, 0.1) is 12.8 Å². The number of benzene rings is 1. The third-order valence-corrected chi connectivity index (χ3v) is 4.05. The lowest BCUT2D eigenvalue weighted by Crippen LogP contribution is -2.06. The van der Waals surface area contributed by atoms with Crippen molar-refractivity contribution < 1.29 is 0 Å². The molecule has 18 heavy (non-hydrogen) atoms. The van der Waals surface area contributed by atoms with E-state index in [4.69, 9.17) is 0 Å². The van der Waals surface area contributed by atoms with E-state index in [0.717, 1.165) is 23.7 Å². The van der Waals surface area contributed by atoms with Gasteiger partial charge in [-0.15, -0.1) is 0 Å². The van der Waals surface area contributed by atoms with Gasteiger partial charge in [-0.2, -0.15) is 0 Å². The molecule has 0 saturated carbocycles. The summed E-state index contributed by atoms with van der Waals surface area (Å²) in [5, 5.41) is 0. The monoisotopic (exact) mass is 308 g/mol. The van der Waals surface area contributed by atoms with Crippen LogP contribution in [0.25, 0.3) is 11.0 Å². The predicted octanol–water partition coefficient (Wildman–Crippen LogP) is 4.23. The van der Waals surface area contributed by atoms with E-state index in [1.54, 1.807) is 0 Å². The second kappa shape index (κ2) is 5.43. The van der Waals surface area contributed by atoms with Crippen molar-refractivity contribution in [2.75, 3.05) is 0 Å². The molecule has 1 aromatic heterocycles. The Morgan fingerprint density at radius 2 is 2.06 bits per heavy atom. The summed E-state index contributed by atoms with van der Waals surface area (Å²) in [6, 6.07) is 6.62. The van der Waals surface area contributed by atoms with Gasteiger partial charge >= 0.3 is 0 Å². The van der Waals surface area contributed by atoms with Crippen LogP contribution in [-0.4, -0.2) is 14.4 Å². The Bertz CT molecular complexity index is 543. The van der Waals surface area contributed by atoms with Gasteiger partial charge in [-0.05, 0) is 43.4 Å². The molecule has 0 bridgehead atoms. The Hall–Kier alpha value is -0.830. The van der Waals surface area contributed by atoms with Gasteiger partial charge in [0.1, 0.15) is 5.82 Å². The second-order valence-corrected chi connectivity index (χ2v) is 6.77. The van der Waals surface area contributed by atoms with Gasteiger partial charge < -0.3 is 4.57 Å². The fourth-order valence-corrected chi connectivity index (χ4v) is 3.46. The minimum Gasteiger partial charge on any atom is -0.331 e. The van der Waals surface area contributed by atoms with Crippen LogP contribution in [-0.2, 0) is 13.5 Å². The standard InChI is InChI=1S/C15H21BrN2/c1-10(2)7-13(16)8-12-5-6-15-14(9-12)17-11(3)18(15)4/h5-6,9-10,13H,7-8H2,1-4H3. The molecule has 0 saturated heterocycles. The van der Waals surface area contributed by atoms with E-state index < -0.39 is 0 Å². The molecular formula is C15H21BrN2. The van der Waals surface area contributed by atoms with E-state index >= 15 is 0 Å². The molecule has 0 aliphatic heterocycles. The van der Waals surface area contributed by atoms with E-state index in [1.165, 1.54) is 17.5 Å². The largest absolute Gasteiger partial charge is 0.331 e. The zero-order valence-electron chi connectivity index (χ0n) is 11.6. The molecule has 0 N–H and O–H groups in total. The number of halogens is 1. The van der Waals surface area contributed by atoms with Crippen LogP contribution in [0.4, 0.5) is 0 Å². The summed E-state index contributed by atoms with van der Waals surface area (Å²) in [5.41, 5.74) is 3.69. The quantitative estimate of drug-likeness (QED) is 0.773. The number of alkyl halides is 1. The van der Waals surface area contributed by atoms with Gasteiger partial charge in [0.25, 0.3) is 0 Å². The molecule has 0 aliphatic rings. The van der Waals surface area contributed by atoms with E-state index in [0.29, 0.717) is 4.83 Å². The van der Waals surface area contributed by atoms with E-state index in [1.807, 2.05) is 6.92 Å². The SMILES string of the molecule is Cc1nc2cc(CC(Br)CC(C)C)ccc2n1C. The minimum absolute atomic E-state index is 0.555. The van der Waals surface area contributed by atoms with Gasteiger partial charge in [0.15, 0.2) is 0 Å². The first-order chi connectivity index (χ1) is 8.47. The Morgan fingerprint density at radius 3 is 2.72 bits per heavy atom. The number of aromatic nitrogens is 2. The molecule has 0 amide bonds. The van der Waals surface area contributed by atoms with Crippen LogP contribution in [0.5, 0.6) is 0 Å². The van der Waals surface area contributed by atoms with Crippen molar-refractivity contribution in [2.24, 2.45) is 13.0 Å². The predicted molar refractivity (Wildman–Crippen MR) is 81.3 cm³/mol. The Labute approximate surface area is 118 Å². The summed E-state index contributed by atoms with van der Waals surface area (Å²) in [6.45, 7) is 6.57. The summed E-state index contributed by atoms with van der Waals surface area (Å²) in [5.74, 6) is 1.80. The molecule has 1 heterocycles. The maximum atomic E-state index is 4.59. The Kier molecular flexibility index (Phi) is 4.10. The summed E-state index contributed by atoms with van der Waals surface area (Å²) in [6.07, 6.45) is 2.28. The molecule has 98 valence electrons. The van der Waals surface area contributed by atoms with Gasteiger partial charge in [-0.25, -0.2) is 4.98 Å². The summed E-state index contributed by atoms with van der Waals surface area (Å²) < 4.78 is 2.14. The van der Waals surface area contributed by atoms with Gasteiger partial charge in [-0.1, -0.05) is 35.8 Å². The molecule has 2 rings (SSSR count). The number of fused-ring (bicyclic) bond motifs is 1. The lowest BCUT2D eigenvalue weighted by Gasteiger charge is -2.12. The van der Waals surface area contributed by atoms with Gasteiger partial charge in [0, 0.05) is 11.9 Å². The smallest absolute Gasteiger partial charge is 0.106 e. The molecule has 2 aromatic rings. The average Bonchev–Trinajstić information content (AvgIpc) is 2.53. The highest BCUT2D eigenvalue weighted by atomic mass is 79.9. The van der Waals surface area contributed by atoms with Gasteiger partial charge in [-0.3, -0.25) is 0 Å². The van der Waals surface area contributed by atoms with E-state index in [9.17, 15) is 0 Å². The normalized spacial score (nSPS) is 13.4. The summed E-state index contributed by atoms with van der Waals surface area (Å²) in [4.78, 5) is 5.14. The van der Waals surface area contributed by atoms with Crippen LogP contribution in [0.15, 0.2) is 18.2 Å². The fraction of sp³-hybridized carbons (Fsp3) is 0.533. The minimum atomic E-state index is 0.555. The topological polar surface area (TPSA) is 17.8 Å². The number of aryl methyl sites for hydroxylation is 2. The van der Waals surface area contributed by atoms with Crippen LogP contribution >= 0.6 is 15.9 Å². The molecule has 0 fully saturated rings. The highest BCUT2D eigenvalue weighted by molar-refractivity contribution is 9.09. The number of rotatable bonds is 4. The number of hydrogen-bond donors (Lipinski definition) is 0. The number of nitrogens with zero attached hydrogens (tertiary/aromatic N) is 2. The Balaban J connectivity index is 2.20. The van der Waals surface area contributed by atoms with Crippen LogP contribution < -0.4 is 0 Å². The lowest BCUT2D eigenvalue weighted by atomic mass is 10.0. The molecule has 2 nitrogen and oxygen atoms in total. The third-order valence-electron chi connectivity index (χ3n) is 3.35. The van der Waals surface area contributed by atoms with Crippen LogP contribution in [0.3, 0.4) is 0 Å². The first-order valence-corrected chi connectivity index (χ1v) is 7.45. The maximum Gasteiger partial charge on any atom is 0.106 e. The van der Waals surface area contributed by atoms with Crippen molar-refractivity contribution in [3.63, 3.8) is 0 Å². The van der Waals surface area contributed by atoms with Crippen LogP contribution in [0.2, 0.25) is 0 Å². The molecule has 0 aliphatic carbocycles. The molecule has 0 spiro atoms. The summed E-state index contributed by atoms with van der Waals surface area (Å²) in [7, 11) is 2.07. The third kappa shape index (κ3) is 2.94. The van der Waals surface area contributed by atoms with Crippen molar-refractivity contribution in [3.8, 4) is 0 Å². The second-order valence-electron chi connectivity index (χ2n) is 5.47. The lowest BCUT2D eigenvalue weighted by molar-refractivity contribution is 0.571. The molecule has 1 atom stereocenters. The highest BCUT2D eigenvalue weighted by Gasteiger charge is 2.10. The molecular weight excluding hydrogens is 288 g/mol. The number of imidazole rings is 1. The van der Waals surface area contributed by atoms with E-state index in [-0.39, 0.29) is 0 Å². The molecule has 3 heteroatoms.